The van der Waals surface area contributed by atoms with Crippen LogP contribution in [0.5, 0.6) is 5.75 Å². The normalized spacial score (nSPS) is 12.0. The zero-order chi connectivity index (χ0) is 27.8. The molecule has 0 bridgehead atoms. The topological polar surface area (TPSA) is 71.2 Å². The number of hydrogen-bond acceptors (Lipinski definition) is 4. The Bertz CT molecular complexity index is 1480. The van der Waals surface area contributed by atoms with Gasteiger partial charge in [0.15, 0.2) is 5.69 Å². The molecule has 0 atom stereocenters. The Kier molecular flexibility index (Phi) is 7.11. The zero-order valence-corrected chi connectivity index (χ0v) is 20.1. The van der Waals surface area contributed by atoms with Gasteiger partial charge in [-0.3, -0.25) is 14.5 Å². The summed E-state index contributed by atoms with van der Waals surface area (Å²) in [6.07, 6.45) is -8.62. The van der Waals surface area contributed by atoms with Gasteiger partial charge in [-0.2, -0.15) is 31.4 Å². The van der Waals surface area contributed by atoms with Crippen molar-refractivity contribution >= 4 is 23.2 Å². The van der Waals surface area contributed by atoms with E-state index in [2.05, 4.69) is 10.1 Å². The molecule has 2 aromatic heterocycles. The number of phenols is 1. The standard InChI is InChI=1S/C25H17ClF6N4O2/c1-35-19(12-22(34-35)25(30,31)32)18-7-6-17(11-20(18)37)36(13-14-2-4-16(26)5-3-14)23(38)15-8-9-33-21(10-15)24(27,28)29/h2-12,37H,13H2,1H3. The Hall–Kier alpha value is -4.06. The van der Waals surface area contributed by atoms with Crippen LogP contribution < -0.4 is 4.90 Å². The van der Waals surface area contributed by atoms with Crippen molar-refractivity contribution in [3.8, 4) is 17.0 Å². The number of carbonyl (C=O) groups is 1. The minimum absolute atomic E-state index is 0.00131. The number of alkyl halides is 6. The third kappa shape index (κ3) is 5.75. The van der Waals surface area contributed by atoms with E-state index in [1.54, 1.807) is 24.3 Å². The summed E-state index contributed by atoms with van der Waals surface area (Å²) in [6.45, 7) is -0.123. The van der Waals surface area contributed by atoms with Crippen molar-refractivity contribution in [1.29, 1.82) is 0 Å². The van der Waals surface area contributed by atoms with E-state index in [1.165, 1.54) is 19.2 Å². The number of hydrogen-bond donors (Lipinski definition) is 1. The third-order valence-electron chi connectivity index (χ3n) is 5.54. The molecule has 2 aromatic carbocycles. The monoisotopic (exact) mass is 554 g/mol. The summed E-state index contributed by atoms with van der Waals surface area (Å²) in [6, 6.07) is 12.6. The number of amides is 1. The molecule has 198 valence electrons. The minimum atomic E-state index is -4.78. The number of aromatic hydroxyl groups is 1. The van der Waals surface area contributed by atoms with Crippen molar-refractivity contribution in [2.45, 2.75) is 18.9 Å². The lowest BCUT2D eigenvalue weighted by Crippen LogP contribution is -2.30. The van der Waals surface area contributed by atoms with Crippen molar-refractivity contribution in [2.75, 3.05) is 4.90 Å². The van der Waals surface area contributed by atoms with E-state index < -0.39 is 35.4 Å². The van der Waals surface area contributed by atoms with Gasteiger partial charge in [0.25, 0.3) is 5.91 Å². The van der Waals surface area contributed by atoms with Gasteiger partial charge in [-0.1, -0.05) is 23.7 Å². The first-order valence-corrected chi connectivity index (χ1v) is 11.2. The van der Waals surface area contributed by atoms with E-state index in [0.717, 1.165) is 34.0 Å². The van der Waals surface area contributed by atoms with E-state index in [1.807, 2.05) is 0 Å². The molecule has 1 N–H and O–H groups in total. The van der Waals surface area contributed by atoms with Crippen molar-refractivity contribution < 1.29 is 36.2 Å². The molecule has 1 amide bonds. The first-order chi connectivity index (χ1) is 17.7. The summed E-state index contributed by atoms with van der Waals surface area (Å²) in [5.41, 5.74) is -2.12. The Labute approximate surface area is 216 Å². The van der Waals surface area contributed by atoms with Crippen LogP contribution in [0.4, 0.5) is 32.0 Å². The molecule has 4 aromatic rings. The van der Waals surface area contributed by atoms with Crippen molar-refractivity contribution in [3.05, 3.63) is 94.4 Å². The number of halogens is 7. The molecular weight excluding hydrogens is 538 g/mol. The highest BCUT2D eigenvalue weighted by molar-refractivity contribution is 6.30. The van der Waals surface area contributed by atoms with Crippen LogP contribution in [0, 0.1) is 0 Å². The number of phenolic OH excluding ortho intramolecular Hbond substituents is 1. The summed E-state index contributed by atoms with van der Waals surface area (Å²) in [4.78, 5) is 17.8. The molecule has 2 heterocycles. The maximum Gasteiger partial charge on any atom is 0.435 e. The van der Waals surface area contributed by atoms with Gasteiger partial charge in [-0.25, -0.2) is 0 Å². The summed E-state index contributed by atoms with van der Waals surface area (Å²) in [7, 11) is 1.27. The van der Waals surface area contributed by atoms with Crippen LogP contribution in [0.2, 0.25) is 5.02 Å². The van der Waals surface area contributed by atoms with Gasteiger partial charge in [0, 0.05) is 41.1 Å². The highest BCUT2D eigenvalue weighted by Crippen LogP contribution is 2.37. The van der Waals surface area contributed by atoms with Crippen LogP contribution >= 0.6 is 11.6 Å². The van der Waals surface area contributed by atoms with Gasteiger partial charge in [-0.05, 0) is 48.0 Å². The van der Waals surface area contributed by atoms with E-state index in [9.17, 15) is 36.2 Å². The fourth-order valence-electron chi connectivity index (χ4n) is 3.69. The SMILES string of the molecule is Cn1nc(C(F)(F)F)cc1-c1ccc(N(Cc2ccc(Cl)cc2)C(=O)c2ccnc(C(F)(F)F)c2)cc1O. The lowest BCUT2D eigenvalue weighted by molar-refractivity contribution is -0.142. The van der Waals surface area contributed by atoms with Crippen LogP contribution in [0.1, 0.15) is 27.3 Å². The highest BCUT2D eigenvalue weighted by atomic mass is 35.5. The minimum Gasteiger partial charge on any atom is -0.507 e. The summed E-state index contributed by atoms with van der Waals surface area (Å²) < 4.78 is 79.8. The maximum absolute atomic E-state index is 13.4. The number of rotatable bonds is 5. The Morgan fingerprint density at radius 1 is 0.947 bits per heavy atom. The Morgan fingerprint density at radius 2 is 1.61 bits per heavy atom. The summed E-state index contributed by atoms with van der Waals surface area (Å²) in [5.74, 6) is -1.31. The van der Waals surface area contributed by atoms with E-state index in [-0.39, 0.29) is 29.1 Å². The summed E-state index contributed by atoms with van der Waals surface area (Å²) >= 11 is 5.92. The van der Waals surface area contributed by atoms with Crippen molar-refractivity contribution in [3.63, 3.8) is 0 Å². The molecule has 4 rings (SSSR count). The average Bonchev–Trinajstić information content (AvgIpc) is 3.24. The number of carbonyl (C=O) groups excluding carboxylic acids is 1. The second-order valence-electron chi connectivity index (χ2n) is 8.18. The smallest absolute Gasteiger partial charge is 0.435 e. The molecule has 0 saturated carbocycles. The molecule has 0 unspecified atom stereocenters. The molecule has 0 aliphatic carbocycles. The quantitative estimate of drug-likeness (QED) is 0.278. The fraction of sp³-hybridized carbons (Fsp3) is 0.160. The number of benzene rings is 2. The van der Waals surface area contributed by atoms with Crippen molar-refractivity contribution in [1.82, 2.24) is 14.8 Å². The number of anilines is 1. The maximum atomic E-state index is 13.4. The lowest BCUT2D eigenvalue weighted by Gasteiger charge is -2.24. The van der Waals surface area contributed by atoms with Gasteiger partial charge in [0.2, 0.25) is 0 Å². The average molecular weight is 555 g/mol. The Balaban J connectivity index is 1.76. The number of aromatic nitrogens is 3. The number of pyridine rings is 1. The van der Waals surface area contributed by atoms with Crippen LogP contribution in [0.3, 0.4) is 0 Å². The van der Waals surface area contributed by atoms with Gasteiger partial charge < -0.3 is 10.0 Å². The molecule has 0 radical (unpaired) electrons. The van der Waals surface area contributed by atoms with Crippen LogP contribution in [0.25, 0.3) is 11.3 Å². The van der Waals surface area contributed by atoms with E-state index >= 15 is 0 Å². The molecule has 0 aliphatic heterocycles. The van der Waals surface area contributed by atoms with E-state index in [4.69, 9.17) is 11.6 Å². The molecule has 0 spiro atoms. The predicted molar refractivity (Wildman–Crippen MR) is 127 cm³/mol. The fourth-order valence-corrected chi connectivity index (χ4v) is 3.82. The number of nitrogens with zero attached hydrogens (tertiary/aromatic N) is 4. The van der Waals surface area contributed by atoms with E-state index in [0.29, 0.717) is 16.7 Å². The van der Waals surface area contributed by atoms with Gasteiger partial charge >= 0.3 is 12.4 Å². The Morgan fingerprint density at radius 3 is 2.18 bits per heavy atom. The van der Waals surface area contributed by atoms with Crippen molar-refractivity contribution in [2.24, 2.45) is 7.05 Å². The van der Waals surface area contributed by atoms with Gasteiger partial charge in [-0.15, -0.1) is 0 Å². The number of aryl methyl sites for hydroxylation is 1. The second kappa shape index (κ2) is 10.0. The third-order valence-corrected chi connectivity index (χ3v) is 5.79. The molecule has 0 saturated heterocycles. The first kappa shape index (κ1) is 27.0. The van der Waals surface area contributed by atoms with Crippen LogP contribution in [0.15, 0.2) is 66.9 Å². The molecule has 0 aliphatic rings. The molecular formula is C25H17ClF6N4O2. The first-order valence-electron chi connectivity index (χ1n) is 10.8. The van der Waals surface area contributed by atoms with Crippen LogP contribution in [-0.4, -0.2) is 25.8 Å². The van der Waals surface area contributed by atoms with Crippen LogP contribution in [-0.2, 0) is 25.9 Å². The largest absolute Gasteiger partial charge is 0.507 e. The second-order valence-corrected chi connectivity index (χ2v) is 8.62. The molecule has 38 heavy (non-hydrogen) atoms. The highest BCUT2D eigenvalue weighted by Gasteiger charge is 2.35. The molecule has 13 heteroatoms. The molecule has 6 nitrogen and oxygen atoms in total. The lowest BCUT2D eigenvalue weighted by atomic mass is 10.1. The van der Waals surface area contributed by atoms with Gasteiger partial charge in [0.1, 0.15) is 11.4 Å². The molecule has 0 fully saturated rings. The van der Waals surface area contributed by atoms with Gasteiger partial charge in [0.05, 0.1) is 12.2 Å². The predicted octanol–water partition coefficient (Wildman–Crippen LogP) is 6.73. The zero-order valence-electron chi connectivity index (χ0n) is 19.3. The summed E-state index contributed by atoms with van der Waals surface area (Å²) in [5, 5.41) is 14.5.